The van der Waals surface area contributed by atoms with E-state index in [2.05, 4.69) is 4.98 Å². The van der Waals surface area contributed by atoms with Gasteiger partial charge in [0.1, 0.15) is 5.75 Å². The Labute approximate surface area is 93.4 Å². The van der Waals surface area contributed by atoms with Crippen molar-refractivity contribution in [2.45, 2.75) is 6.92 Å². The minimum absolute atomic E-state index is 0.0556. The molecule has 0 radical (unpaired) electrons. The molecule has 2 aromatic rings. The van der Waals surface area contributed by atoms with E-state index >= 15 is 0 Å². The summed E-state index contributed by atoms with van der Waals surface area (Å²) in [6.45, 7) is 1.80. The highest BCUT2D eigenvalue weighted by atomic mass is 16.3. The zero-order valence-electron chi connectivity index (χ0n) is 8.84. The standard InChI is InChI=1S/C13H11NO2/c1-9-8-11(15)2-3-12(9)13(16)10-4-6-14-7-5-10/h2-8,15H,1H3. The van der Waals surface area contributed by atoms with E-state index in [1.807, 2.05) is 0 Å². The molecule has 0 aliphatic heterocycles. The third kappa shape index (κ3) is 1.93. The molecule has 0 atom stereocenters. The number of ketones is 1. The van der Waals surface area contributed by atoms with Crippen molar-refractivity contribution < 1.29 is 9.90 Å². The summed E-state index contributed by atoms with van der Waals surface area (Å²) in [6.07, 6.45) is 3.17. The van der Waals surface area contributed by atoms with Gasteiger partial charge in [0.05, 0.1) is 0 Å². The largest absolute Gasteiger partial charge is 0.508 e. The van der Waals surface area contributed by atoms with Crippen LogP contribution in [0.1, 0.15) is 21.5 Å². The smallest absolute Gasteiger partial charge is 0.193 e. The summed E-state index contributed by atoms with van der Waals surface area (Å²) >= 11 is 0. The van der Waals surface area contributed by atoms with Crippen LogP contribution in [-0.4, -0.2) is 15.9 Å². The van der Waals surface area contributed by atoms with Gasteiger partial charge in [-0.1, -0.05) is 0 Å². The number of rotatable bonds is 2. The SMILES string of the molecule is Cc1cc(O)ccc1C(=O)c1ccncc1. The molecule has 1 N–H and O–H groups in total. The van der Waals surface area contributed by atoms with E-state index in [1.165, 1.54) is 6.07 Å². The summed E-state index contributed by atoms with van der Waals surface area (Å²) < 4.78 is 0. The van der Waals surface area contributed by atoms with Gasteiger partial charge in [-0.25, -0.2) is 0 Å². The highest BCUT2D eigenvalue weighted by molar-refractivity contribution is 6.09. The third-order valence-corrected chi connectivity index (χ3v) is 2.40. The van der Waals surface area contributed by atoms with E-state index < -0.39 is 0 Å². The molecule has 1 aromatic carbocycles. The lowest BCUT2D eigenvalue weighted by Crippen LogP contribution is -2.03. The van der Waals surface area contributed by atoms with E-state index in [4.69, 9.17) is 0 Å². The summed E-state index contributed by atoms with van der Waals surface area (Å²) in [7, 11) is 0. The molecular weight excluding hydrogens is 202 g/mol. The van der Waals surface area contributed by atoms with Gasteiger partial charge in [-0.05, 0) is 42.8 Å². The van der Waals surface area contributed by atoms with Crippen molar-refractivity contribution in [1.29, 1.82) is 0 Å². The lowest BCUT2D eigenvalue weighted by Gasteiger charge is -2.05. The highest BCUT2D eigenvalue weighted by Gasteiger charge is 2.11. The number of aromatic hydroxyl groups is 1. The molecule has 1 heterocycles. The Morgan fingerprint density at radius 1 is 1.19 bits per heavy atom. The normalized spacial score (nSPS) is 10.1. The number of phenolic OH excluding ortho intramolecular Hbond substituents is 1. The van der Waals surface area contributed by atoms with Crippen LogP contribution >= 0.6 is 0 Å². The molecule has 0 fully saturated rings. The van der Waals surface area contributed by atoms with Gasteiger partial charge in [0.15, 0.2) is 5.78 Å². The molecule has 16 heavy (non-hydrogen) atoms. The molecule has 0 bridgehead atoms. The molecule has 0 amide bonds. The van der Waals surface area contributed by atoms with Crippen LogP contribution < -0.4 is 0 Å². The number of carbonyl (C=O) groups is 1. The maximum absolute atomic E-state index is 12.1. The van der Waals surface area contributed by atoms with Crippen LogP contribution in [0.25, 0.3) is 0 Å². The van der Waals surface area contributed by atoms with Crippen molar-refractivity contribution >= 4 is 5.78 Å². The van der Waals surface area contributed by atoms with Crippen molar-refractivity contribution in [1.82, 2.24) is 4.98 Å². The van der Waals surface area contributed by atoms with E-state index in [0.717, 1.165) is 5.56 Å². The molecule has 0 saturated carbocycles. The maximum Gasteiger partial charge on any atom is 0.193 e. The van der Waals surface area contributed by atoms with Gasteiger partial charge < -0.3 is 5.11 Å². The van der Waals surface area contributed by atoms with Crippen LogP contribution in [0, 0.1) is 6.92 Å². The Kier molecular flexibility index (Phi) is 2.68. The van der Waals surface area contributed by atoms with Gasteiger partial charge in [0.2, 0.25) is 0 Å². The van der Waals surface area contributed by atoms with Crippen LogP contribution in [0.4, 0.5) is 0 Å². The fraction of sp³-hybridized carbons (Fsp3) is 0.0769. The van der Waals surface area contributed by atoms with Gasteiger partial charge in [-0.2, -0.15) is 0 Å². The molecule has 3 nitrogen and oxygen atoms in total. The second-order valence-electron chi connectivity index (χ2n) is 3.56. The maximum atomic E-state index is 12.1. The number of aromatic nitrogens is 1. The predicted octanol–water partition coefficient (Wildman–Crippen LogP) is 2.33. The number of nitrogens with zero attached hydrogens (tertiary/aromatic N) is 1. The Bertz CT molecular complexity index is 521. The van der Waals surface area contributed by atoms with E-state index in [-0.39, 0.29) is 11.5 Å². The number of hydrogen-bond acceptors (Lipinski definition) is 3. The average Bonchev–Trinajstić information content (AvgIpc) is 2.29. The molecule has 2 rings (SSSR count). The number of pyridine rings is 1. The first-order chi connectivity index (χ1) is 7.68. The van der Waals surface area contributed by atoms with Gasteiger partial charge in [-0.3, -0.25) is 9.78 Å². The van der Waals surface area contributed by atoms with Crippen molar-refractivity contribution in [2.75, 3.05) is 0 Å². The lowest BCUT2D eigenvalue weighted by molar-refractivity contribution is 0.103. The summed E-state index contributed by atoms with van der Waals surface area (Å²) in [6, 6.07) is 8.08. The van der Waals surface area contributed by atoms with Crippen molar-refractivity contribution in [3.8, 4) is 5.75 Å². The van der Waals surface area contributed by atoms with Gasteiger partial charge in [0, 0.05) is 23.5 Å². The molecular formula is C13H11NO2. The van der Waals surface area contributed by atoms with Crippen LogP contribution in [0.2, 0.25) is 0 Å². The molecule has 80 valence electrons. The number of benzene rings is 1. The fourth-order valence-corrected chi connectivity index (χ4v) is 1.56. The lowest BCUT2D eigenvalue weighted by atomic mass is 10.00. The molecule has 0 aliphatic rings. The van der Waals surface area contributed by atoms with Gasteiger partial charge >= 0.3 is 0 Å². The first-order valence-corrected chi connectivity index (χ1v) is 4.93. The third-order valence-electron chi connectivity index (χ3n) is 2.40. The molecule has 0 unspecified atom stereocenters. The monoisotopic (exact) mass is 213 g/mol. The molecule has 1 aromatic heterocycles. The summed E-state index contributed by atoms with van der Waals surface area (Å²) in [5.41, 5.74) is 1.97. The number of phenols is 1. The minimum atomic E-state index is -0.0556. The highest BCUT2D eigenvalue weighted by Crippen LogP contribution is 2.18. The molecule has 0 saturated heterocycles. The quantitative estimate of drug-likeness (QED) is 0.779. The van der Waals surface area contributed by atoms with E-state index in [9.17, 15) is 9.90 Å². The first-order valence-electron chi connectivity index (χ1n) is 4.93. The molecule has 0 spiro atoms. The van der Waals surface area contributed by atoms with Crippen LogP contribution in [0.15, 0.2) is 42.7 Å². The summed E-state index contributed by atoms with van der Waals surface area (Å²) in [5, 5.41) is 9.27. The molecule has 0 aliphatic carbocycles. The Morgan fingerprint density at radius 3 is 2.50 bits per heavy atom. The topological polar surface area (TPSA) is 50.2 Å². The second-order valence-corrected chi connectivity index (χ2v) is 3.56. The van der Waals surface area contributed by atoms with E-state index in [0.29, 0.717) is 11.1 Å². The number of aryl methyl sites for hydroxylation is 1. The van der Waals surface area contributed by atoms with Crippen LogP contribution in [0.5, 0.6) is 5.75 Å². The zero-order valence-corrected chi connectivity index (χ0v) is 8.84. The number of carbonyl (C=O) groups excluding carboxylic acids is 1. The van der Waals surface area contributed by atoms with Crippen molar-refractivity contribution in [2.24, 2.45) is 0 Å². The van der Waals surface area contributed by atoms with Crippen LogP contribution in [0.3, 0.4) is 0 Å². The molecule has 3 heteroatoms. The second kappa shape index (κ2) is 4.14. The fourth-order valence-electron chi connectivity index (χ4n) is 1.56. The Hall–Kier alpha value is -2.16. The zero-order chi connectivity index (χ0) is 11.5. The van der Waals surface area contributed by atoms with E-state index in [1.54, 1.807) is 43.6 Å². The number of hydrogen-bond donors (Lipinski definition) is 1. The van der Waals surface area contributed by atoms with Gasteiger partial charge in [-0.15, -0.1) is 0 Å². The Morgan fingerprint density at radius 2 is 1.88 bits per heavy atom. The first kappa shape index (κ1) is 10.4. The van der Waals surface area contributed by atoms with Crippen molar-refractivity contribution in [3.63, 3.8) is 0 Å². The summed E-state index contributed by atoms with van der Waals surface area (Å²) in [5.74, 6) is 0.115. The Balaban J connectivity index is 2.42. The average molecular weight is 213 g/mol. The summed E-state index contributed by atoms with van der Waals surface area (Å²) in [4.78, 5) is 15.9. The van der Waals surface area contributed by atoms with Gasteiger partial charge in [0.25, 0.3) is 0 Å². The van der Waals surface area contributed by atoms with Crippen LogP contribution in [-0.2, 0) is 0 Å². The van der Waals surface area contributed by atoms with Crippen molar-refractivity contribution in [3.05, 3.63) is 59.4 Å². The minimum Gasteiger partial charge on any atom is -0.508 e. The predicted molar refractivity (Wildman–Crippen MR) is 60.5 cm³/mol.